The zero-order valence-corrected chi connectivity index (χ0v) is 21.7. The molecule has 0 aromatic heterocycles. The van der Waals surface area contributed by atoms with Crippen molar-refractivity contribution in [1.29, 1.82) is 0 Å². The molecule has 0 rings (SSSR count). The molecule has 0 bridgehead atoms. The number of carbonyl (C=O) groups excluding carboxylic acids is 3. The van der Waals surface area contributed by atoms with E-state index in [1.165, 1.54) is 11.8 Å². The summed E-state index contributed by atoms with van der Waals surface area (Å²) in [6, 6.07) is -4.85. The molecule has 36 heavy (non-hydrogen) atoms. The Hall–Kier alpha value is -3.07. The van der Waals surface area contributed by atoms with E-state index in [0.29, 0.717) is 12.2 Å². The molecule has 4 atom stereocenters. The van der Waals surface area contributed by atoms with Crippen LogP contribution in [0, 0.1) is 5.92 Å². The van der Waals surface area contributed by atoms with Crippen molar-refractivity contribution in [2.45, 2.75) is 70.1 Å². The molecule has 4 unspecified atom stereocenters. The molecule has 11 N–H and O–H groups in total. The van der Waals surface area contributed by atoms with E-state index in [4.69, 9.17) is 17.2 Å². The molecular formula is C21H39N7O7S. The van der Waals surface area contributed by atoms with Gasteiger partial charge in [-0.3, -0.25) is 24.2 Å². The Balaban J connectivity index is 5.39. The van der Waals surface area contributed by atoms with Crippen molar-refractivity contribution in [3.8, 4) is 0 Å². The van der Waals surface area contributed by atoms with Gasteiger partial charge < -0.3 is 43.4 Å². The van der Waals surface area contributed by atoms with E-state index in [-0.39, 0.29) is 37.7 Å². The number of amides is 3. The molecule has 0 fully saturated rings. The van der Waals surface area contributed by atoms with Crippen molar-refractivity contribution < 1.29 is 34.2 Å². The number of hydrogen-bond donors (Lipinski definition) is 8. The first-order chi connectivity index (χ1) is 16.8. The lowest BCUT2D eigenvalue weighted by Gasteiger charge is -2.25. The van der Waals surface area contributed by atoms with Gasteiger partial charge in [0.05, 0.1) is 12.5 Å². The van der Waals surface area contributed by atoms with Crippen LogP contribution < -0.4 is 33.2 Å². The Morgan fingerprint density at radius 3 is 1.94 bits per heavy atom. The lowest BCUT2D eigenvalue weighted by Crippen LogP contribution is -2.57. The van der Waals surface area contributed by atoms with Crippen molar-refractivity contribution >= 4 is 47.4 Å². The van der Waals surface area contributed by atoms with E-state index in [1.54, 1.807) is 20.1 Å². The summed E-state index contributed by atoms with van der Waals surface area (Å²) >= 11 is 1.40. The monoisotopic (exact) mass is 533 g/mol. The van der Waals surface area contributed by atoms with E-state index in [1.807, 2.05) is 0 Å². The lowest BCUT2D eigenvalue weighted by atomic mass is 10.0. The SMILES string of the molecule is CSCCC(NC(=O)C(CC(=O)O)NC(=O)C(N)CCCN=C(N)N)C(=O)NC(CC(C)C)C(=O)O. The Bertz CT molecular complexity index is 791. The van der Waals surface area contributed by atoms with Gasteiger partial charge >= 0.3 is 11.9 Å². The minimum absolute atomic E-state index is 0.00975. The number of aliphatic carboxylic acids is 2. The second-order valence-electron chi connectivity index (χ2n) is 8.59. The largest absolute Gasteiger partial charge is 0.481 e. The Kier molecular flexibility index (Phi) is 15.9. The summed E-state index contributed by atoms with van der Waals surface area (Å²) in [4.78, 5) is 64.7. The third kappa shape index (κ3) is 14.4. The molecule has 15 heteroatoms. The van der Waals surface area contributed by atoms with Crippen LogP contribution >= 0.6 is 11.8 Å². The number of thioether (sulfide) groups is 1. The van der Waals surface area contributed by atoms with Gasteiger partial charge in [0.15, 0.2) is 5.96 Å². The van der Waals surface area contributed by atoms with Crippen LogP contribution in [0.2, 0.25) is 0 Å². The van der Waals surface area contributed by atoms with Gasteiger partial charge in [0.2, 0.25) is 17.7 Å². The molecule has 3 amide bonds. The molecule has 0 aliphatic rings. The second-order valence-corrected chi connectivity index (χ2v) is 9.57. The molecule has 0 heterocycles. The van der Waals surface area contributed by atoms with Crippen molar-refractivity contribution in [2.75, 3.05) is 18.6 Å². The number of hydrogen-bond acceptors (Lipinski definition) is 8. The highest BCUT2D eigenvalue weighted by Gasteiger charge is 2.31. The van der Waals surface area contributed by atoms with E-state index in [0.717, 1.165) is 0 Å². The molecule has 0 aromatic rings. The molecule has 0 aliphatic carbocycles. The van der Waals surface area contributed by atoms with Gasteiger partial charge in [-0.1, -0.05) is 13.8 Å². The van der Waals surface area contributed by atoms with Gasteiger partial charge in [-0.15, -0.1) is 0 Å². The third-order valence-corrected chi connectivity index (χ3v) is 5.53. The number of nitrogens with two attached hydrogens (primary N) is 3. The molecule has 0 aliphatic heterocycles. The first kappa shape index (κ1) is 32.9. The van der Waals surface area contributed by atoms with Crippen LogP contribution in [0.5, 0.6) is 0 Å². The number of guanidine groups is 1. The number of carboxylic acid groups (broad SMARTS) is 2. The lowest BCUT2D eigenvalue weighted by molar-refractivity contribution is -0.143. The Morgan fingerprint density at radius 2 is 1.44 bits per heavy atom. The number of rotatable bonds is 18. The fourth-order valence-electron chi connectivity index (χ4n) is 3.06. The summed E-state index contributed by atoms with van der Waals surface area (Å²) < 4.78 is 0. The Labute approximate surface area is 214 Å². The maximum atomic E-state index is 12.9. The number of carbonyl (C=O) groups is 5. The summed E-state index contributed by atoms with van der Waals surface area (Å²) in [5.41, 5.74) is 16.3. The van der Waals surface area contributed by atoms with Crippen LogP contribution in [0.1, 0.15) is 46.0 Å². The number of nitrogens with zero attached hydrogens (tertiary/aromatic N) is 1. The molecule has 0 saturated heterocycles. The highest BCUT2D eigenvalue weighted by Crippen LogP contribution is 2.08. The standard InChI is InChI=1S/C21H39N7O7S/c1-11(2)9-15(20(34)35)28-18(32)13(6-8-36-3)26-19(33)14(10-16(29)30)27-17(31)12(22)5-4-7-25-21(23)24/h11-15H,4-10,22H2,1-3H3,(H,26,33)(H,27,31)(H,28,32)(H,29,30)(H,34,35)(H4,23,24,25). The normalized spacial score (nSPS) is 14.1. The summed E-state index contributed by atoms with van der Waals surface area (Å²) in [5.74, 6) is -4.61. The predicted octanol–water partition coefficient (Wildman–Crippen LogP) is -1.82. The molecular weight excluding hydrogens is 494 g/mol. The second kappa shape index (κ2) is 17.4. The minimum atomic E-state index is -1.51. The summed E-state index contributed by atoms with van der Waals surface area (Å²) in [6.45, 7) is 3.85. The smallest absolute Gasteiger partial charge is 0.326 e. The third-order valence-electron chi connectivity index (χ3n) is 4.88. The van der Waals surface area contributed by atoms with Gasteiger partial charge in [0, 0.05) is 6.54 Å². The predicted molar refractivity (Wildman–Crippen MR) is 136 cm³/mol. The highest BCUT2D eigenvalue weighted by molar-refractivity contribution is 7.98. The van der Waals surface area contributed by atoms with Crippen molar-refractivity contribution in [3.05, 3.63) is 0 Å². The van der Waals surface area contributed by atoms with Gasteiger partial charge in [-0.25, -0.2) is 4.79 Å². The minimum Gasteiger partial charge on any atom is -0.481 e. The van der Waals surface area contributed by atoms with Crippen LogP contribution in [-0.4, -0.2) is 88.6 Å². The first-order valence-electron chi connectivity index (χ1n) is 11.4. The molecule has 0 aromatic carbocycles. The maximum Gasteiger partial charge on any atom is 0.326 e. The molecule has 14 nitrogen and oxygen atoms in total. The fraction of sp³-hybridized carbons (Fsp3) is 0.714. The van der Waals surface area contributed by atoms with Crippen molar-refractivity contribution in [2.24, 2.45) is 28.1 Å². The topological polar surface area (TPSA) is 252 Å². The fourth-order valence-corrected chi connectivity index (χ4v) is 3.53. The van der Waals surface area contributed by atoms with Crippen LogP contribution in [0.15, 0.2) is 4.99 Å². The van der Waals surface area contributed by atoms with Gasteiger partial charge in [-0.2, -0.15) is 11.8 Å². The van der Waals surface area contributed by atoms with Crippen molar-refractivity contribution in [3.63, 3.8) is 0 Å². The maximum absolute atomic E-state index is 12.9. The first-order valence-corrected chi connectivity index (χ1v) is 12.8. The molecule has 0 saturated carbocycles. The quantitative estimate of drug-likeness (QED) is 0.0553. The average Bonchev–Trinajstić information content (AvgIpc) is 2.77. The van der Waals surface area contributed by atoms with E-state index >= 15 is 0 Å². The average molecular weight is 534 g/mol. The zero-order chi connectivity index (χ0) is 27.8. The molecule has 0 spiro atoms. The van der Waals surface area contributed by atoms with Gasteiger partial charge in [0.25, 0.3) is 0 Å². The highest BCUT2D eigenvalue weighted by atomic mass is 32.2. The van der Waals surface area contributed by atoms with E-state index in [9.17, 15) is 34.2 Å². The summed E-state index contributed by atoms with van der Waals surface area (Å²) in [5, 5.41) is 25.8. The van der Waals surface area contributed by atoms with Gasteiger partial charge in [0.1, 0.15) is 18.1 Å². The molecule has 0 radical (unpaired) electrons. The molecule has 206 valence electrons. The number of aliphatic imine (C=N–C) groups is 1. The summed E-state index contributed by atoms with van der Waals surface area (Å²) in [7, 11) is 0. The van der Waals surface area contributed by atoms with Crippen molar-refractivity contribution in [1.82, 2.24) is 16.0 Å². The van der Waals surface area contributed by atoms with Gasteiger partial charge in [-0.05, 0) is 43.6 Å². The van der Waals surface area contributed by atoms with Crippen LogP contribution in [0.4, 0.5) is 0 Å². The van der Waals surface area contributed by atoms with E-state index in [2.05, 4.69) is 20.9 Å². The Morgan fingerprint density at radius 1 is 0.889 bits per heavy atom. The van der Waals surface area contributed by atoms with Crippen LogP contribution in [-0.2, 0) is 24.0 Å². The zero-order valence-electron chi connectivity index (χ0n) is 20.9. The number of nitrogens with one attached hydrogen (secondary N) is 3. The van der Waals surface area contributed by atoms with Crippen LogP contribution in [0.25, 0.3) is 0 Å². The summed E-state index contributed by atoms with van der Waals surface area (Å²) in [6.07, 6.45) is 1.93. The number of carboxylic acids is 2. The van der Waals surface area contributed by atoms with Crippen LogP contribution in [0.3, 0.4) is 0 Å². The van der Waals surface area contributed by atoms with E-state index < -0.39 is 60.2 Å².